The van der Waals surface area contributed by atoms with Crippen LogP contribution in [0.15, 0.2) is 0 Å². The van der Waals surface area contributed by atoms with Crippen LogP contribution in [0.5, 0.6) is 0 Å². The van der Waals surface area contributed by atoms with Gasteiger partial charge in [-0.2, -0.15) is 12.6 Å². The SMILES string of the molecule is CN1CCCC(C(C)(C)CNCCS)C1. The molecule has 0 amide bonds. The summed E-state index contributed by atoms with van der Waals surface area (Å²) in [6, 6.07) is 0. The lowest BCUT2D eigenvalue weighted by atomic mass is 9.74. The molecule has 1 aliphatic heterocycles. The number of thiol groups is 1. The van der Waals surface area contributed by atoms with E-state index < -0.39 is 0 Å². The van der Waals surface area contributed by atoms with Gasteiger partial charge in [0, 0.05) is 25.4 Å². The summed E-state index contributed by atoms with van der Waals surface area (Å²) in [7, 11) is 2.24. The van der Waals surface area contributed by atoms with Gasteiger partial charge >= 0.3 is 0 Å². The van der Waals surface area contributed by atoms with E-state index in [4.69, 9.17) is 0 Å². The van der Waals surface area contributed by atoms with Crippen molar-refractivity contribution in [3.63, 3.8) is 0 Å². The molecule has 0 aromatic carbocycles. The Kier molecular flexibility index (Phi) is 5.44. The highest BCUT2D eigenvalue weighted by Gasteiger charge is 2.31. The van der Waals surface area contributed by atoms with Gasteiger partial charge in [-0.05, 0) is 37.8 Å². The van der Waals surface area contributed by atoms with Crippen LogP contribution in [-0.2, 0) is 0 Å². The van der Waals surface area contributed by atoms with E-state index in [2.05, 4.69) is 43.7 Å². The predicted molar refractivity (Wildman–Crippen MR) is 70.7 cm³/mol. The molecule has 1 N–H and O–H groups in total. The Hall–Kier alpha value is 0.270. The quantitative estimate of drug-likeness (QED) is 0.554. The van der Waals surface area contributed by atoms with Crippen molar-refractivity contribution < 1.29 is 0 Å². The van der Waals surface area contributed by atoms with E-state index in [-0.39, 0.29) is 0 Å². The average molecular weight is 230 g/mol. The van der Waals surface area contributed by atoms with Crippen molar-refractivity contribution in [2.75, 3.05) is 39.0 Å². The zero-order valence-electron chi connectivity index (χ0n) is 10.4. The Bertz CT molecular complexity index is 182. The number of rotatable bonds is 5. The van der Waals surface area contributed by atoms with Crippen LogP contribution in [0.3, 0.4) is 0 Å². The van der Waals surface area contributed by atoms with Gasteiger partial charge in [-0.25, -0.2) is 0 Å². The van der Waals surface area contributed by atoms with E-state index in [0.29, 0.717) is 5.41 Å². The third kappa shape index (κ3) is 4.33. The van der Waals surface area contributed by atoms with Gasteiger partial charge in [-0.1, -0.05) is 13.8 Å². The molecule has 0 saturated carbocycles. The Morgan fingerprint density at radius 1 is 1.47 bits per heavy atom. The third-order valence-corrected chi connectivity index (χ3v) is 3.82. The lowest BCUT2D eigenvalue weighted by Crippen LogP contribution is -2.44. The smallest absolute Gasteiger partial charge is 0.00399 e. The minimum Gasteiger partial charge on any atom is -0.315 e. The van der Waals surface area contributed by atoms with Crippen LogP contribution >= 0.6 is 12.6 Å². The molecule has 0 radical (unpaired) electrons. The maximum Gasteiger partial charge on any atom is 0.00399 e. The Morgan fingerprint density at radius 2 is 2.20 bits per heavy atom. The maximum atomic E-state index is 4.22. The zero-order chi connectivity index (χ0) is 11.3. The minimum atomic E-state index is 0.414. The molecule has 2 nitrogen and oxygen atoms in total. The molecule has 1 rings (SSSR count). The summed E-state index contributed by atoms with van der Waals surface area (Å²) in [5, 5.41) is 3.49. The third-order valence-electron chi connectivity index (χ3n) is 3.60. The first-order valence-electron chi connectivity index (χ1n) is 6.06. The Morgan fingerprint density at radius 3 is 2.80 bits per heavy atom. The first kappa shape index (κ1) is 13.3. The topological polar surface area (TPSA) is 15.3 Å². The number of hydrogen-bond donors (Lipinski definition) is 2. The van der Waals surface area contributed by atoms with Crippen molar-refractivity contribution in [2.24, 2.45) is 11.3 Å². The van der Waals surface area contributed by atoms with E-state index in [0.717, 1.165) is 24.8 Å². The van der Waals surface area contributed by atoms with Crippen LogP contribution in [-0.4, -0.2) is 43.9 Å². The number of piperidine rings is 1. The van der Waals surface area contributed by atoms with Gasteiger partial charge in [-0.3, -0.25) is 0 Å². The van der Waals surface area contributed by atoms with Crippen LogP contribution in [0, 0.1) is 11.3 Å². The molecule has 1 saturated heterocycles. The lowest BCUT2D eigenvalue weighted by Gasteiger charge is -2.40. The van der Waals surface area contributed by atoms with Crippen LogP contribution in [0.4, 0.5) is 0 Å². The molecule has 0 aromatic heterocycles. The lowest BCUT2D eigenvalue weighted by molar-refractivity contribution is 0.103. The first-order valence-corrected chi connectivity index (χ1v) is 6.69. The largest absolute Gasteiger partial charge is 0.315 e. The van der Waals surface area contributed by atoms with Gasteiger partial charge in [0.2, 0.25) is 0 Å². The summed E-state index contributed by atoms with van der Waals surface area (Å²) in [5.41, 5.74) is 0.414. The van der Waals surface area contributed by atoms with Gasteiger partial charge in [0.05, 0.1) is 0 Å². The summed E-state index contributed by atoms with van der Waals surface area (Å²) < 4.78 is 0. The van der Waals surface area contributed by atoms with Gasteiger partial charge in [0.25, 0.3) is 0 Å². The first-order chi connectivity index (χ1) is 7.06. The fraction of sp³-hybridized carbons (Fsp3) is 1.00. The van der Waals surface area contributed by atoms with Crippen LogP contribution in [0.2, 0.25) is 0 Å². The van der Waals surface area contributed by atoms with E-state index in [1.165, 1.54) is 25.9 Å². The molecule has 0 aliphatic carbocycles. The average Bonchev–Trinajstić information content (AvgIpc) is 2.18. The monoisotopic (exact) mass is 230 g/mol. The minimum absolute atomic E-state index is 0.414. The highest BCUT2D eigenvalue weighted by molar-refractivity contribution is 7.80. The number of nitrogens with one attached hydrogen (secondary N) is 1. The molecule has 1 aliphatic rings. The molecular formula is C12H26N2S. The molecule has 1 atom stereocenters. The van der Waals surface area contributed by atoms with E-state index in [1.807, 2.05) is 0 Å². The molecule has 3 heteroatoms. The van der Waals surface area contributed by atoms with Crippen LogP contribution < -0.4 is 5.32 Å². The summed E-state index contributed by atoms with van der Waals surface area (Å²) >= 11 is 4.22. The number of hydrogen-bond acceptors (Lipinski definition) is 3. The molecule has 0 spiro atoms. The van der Waals surface area contributed by atoms with Crippen molar-refractivity contribution in [3.05, 3.63) is 0 Å². The van der Waals surface area contributed by atoms with E-state index >= 15 is 0 Å². The van der Waals surface area contributed by atoms with E-state index in [1.54, 1.807) is 0 Å². The van der Waals surface area contributed by atoms with Crippen molar-refractivity contribution in [1.82, 2.24) is 10.2 Å². The summed E-state index contributed by atoms with van der Waals surface area (Å²) in [6.07, 6.45) is 2.75. The van der Waals surface area contributed by atoms with Crippen molar-refractivity contribution in [1.29, 1.82) is 0 Å². The molecule has 1 fully saturated rings. The summed E-state index contributed by atoms with van der Waals surface area (Å²) in [6.45, 7) is 9.46. The molecule has 1 unspecified atom stereocenters. The normalized spacial score (nSPS) is 24.4. The molecule has 15 heavy (non-hydrogen) atoms. The molecule has 0 aromatic rings. The van der Waals surface area contributed by atoms with Gasteiger partial charge in [0.15, 0.2) is 0 Å². The molecule has 0 bridgehead atoms. The van der Waals surface area contributed by atoms with Crippen LogP contribution in [0.1, 0.15) is 26.7 Å². The van der Waals surface area contributed by atoms with Gasteiger partial charge in [0.1, 0.15) is 0 Å². The molecule has 90 valence electrons. The second-order valence-electron chi connectivity index (χ2n) is 5.49. The van der Waals surface area contributed by atoms with Crippen molar-refractivity contribution in [2.45, 2.75) is 26.7 Å². The predicted octanol–water partition coefficient (Wildman–Crippen LogP) is 1.87. The Balaban J connectivity index is 2.37. The van der Waals surface area contributed by atoms with Gasteiger partial charge < -0.3 is 10.2 Å². The van der Waals surface area contributed by atoms with Crippen LogP contribution in [0.25, 0.3) is 0 Å². The fourth-order valence-corrected chi connectivity index (χ4v) is 2.60. The van der Waals surface area contributed by atoms with Crippen molar-refractivity contribution >= 4 is 12.6 Å². The second kappa shape index (κ2) is 6.12. The molecular weight excluding hydrogens is 204 g/mol. The van der Waals surface area contributed by atoms with E-state index in [9.17, 15) is 0 Å². The Labute approximate surface area is 100 Å². The number of nitrogens with zero attached hydrogens (tertiary/aromatic N) is 1. The fourth-order valence-electron chi connectivity index (χ4n) is 2.44. The zero-order valence-corrected chi connectivity index (χ0v) is 11.3. The standard InChI is InChI=1S/C12H26N2S/c1-12(2,10-13-6-8-15)11-5-4-7-14(3)9-11/h11,13,15H,4-10H2,1-3H3. The highest BCUT2D eigenvalue weighted by Crippen LogP contribution is 2.32. The van der Waals surface area contributed by atoms with Gasteiger partial charge in [-0.15, -0.1) is 0 Å². The summed E-state index contributed by atoms with van der Waals surface area (Å²) in [5.74, 6) is 1.77. The maximum absolute atomic E-state index is 4.22. The second-order valence-corrected chi connectivity index (χ2v) is 5.94. The molecule has 1 heterocycles. The summed E-state index contributed by atoms with van der Waals surface area (Å²) in [4.78, 5) is 2.47. The number of likely N-dealkylation sites (tertiary alicyclic amines) is 1. The highest BCUT2D eigenvalue weighted by atomic mass is 32.1. The van der Waals surface area contributed by atoms with Crippen molar-refractivity contribution in [3.8, 4) is 0 Å².